The maximum atomic E-state index is 13.7. The van der Waals surface area contributed by atoms with Crippen LogP contribution >= 0.6 is 0 Å². The molecule has 3 heterocycles. The third-order valence-corrected chi connectivity index (χ3v) is 5.65. The molecule has 1 aliphatic carbocycles. The van der Waals surface area contributed by atoms with E-state index in [4.69, 9.17) is 9.15 Å². The Hall–Kier alpha value is -3.22. The fourth-order valence-corrected chi connectivity index (χ4v) is 4.57. The molecular formula is C21H16F2N2O3. The van der Waals surface area contributed by atoms with Crippen molar-refractivity contribution in [3.63, 3.8) is 0 Å². The summed E-state index contributed by atoms with van der Waals surface area (Å²) in [5, 5.41) is 4.35. The smallest absolute Gasteiger partial charge is 0.335 e. The van der Waals surface area contributed by atoms with Crippen molar-refractivity contribution in [1.82, 2.24) is 9.78 Å². The van der Waals surface area contributed by atoms with Crippen molar-refractivity contribution in [2.75, 3.05) is 0 Å². The number of carbonyl (C=O) groups excluding carboxylic acids is 1. The summed E-state index contributed by atoms with van der Waals surface area (Å²) in [6.45, 7) is 3.80. The van der Waals surface area contributed by atoms with Crippen LogP contribution in [0.2, 0.25) is 0 Å². The molecule has 1 fully saturated rings. The number of halogens is 2. The molecule has 1 saturated heterocycles. The van der Waals surface area contributed by atoms with E-state index in [2.05, 4.69) is 5.10 Å². The zero-order valence-electron chi connectivity index (χ0n) is 15.2. The summed E-state index contributed by atoms with van der Waals surface area (Å²) in [5.74, 6) is -1.77. The highest BCUT2D eigenvalue weighted by molar-refractivity contribution is 6.02. The van der Waals surface area contributed by atoms with Crippen molar-refractivity contribution in [2.45, 2.75) is 26.4 Å². The molecule has 142 valence electrons. The predicted octanol–water partition coefficient (Wildman–Crippen LogP) is 4.38. The van der Waals surface area contributed by atoms with E-state index in [-0.39, 0.29) is 5.69 Å². The van der Waals surface area contributed by atoms with Crippen LogP contribution in [0.1, 0.15) is 36.8 Å². The molecule has 0 radical (unpaired) electrons. The van der Waals surface area contributed by atoms with Gasteiger partial charge in [0, 0.05) is 17.0 Å². The van der Waals surface area contributed by atoms with Gasteiger partial charge >= 0.3 is 5.97 Å². The number of hydrogen-bond acceptors (Lipinski definition) is 4. The quantitative estimate of drug-likeness (QED) is 0.618. The van der Waals surface area contributed by atoms with Gasteiger partial charge in [0.15, 0.2) is 0 Å². The molecule has 2 aromatic heterocycles. The Bertz CT molecular complexity index is 1130. The molecule has 1 aliphatic heterocycles. The SMILES string of the molecule is CC1=C2C(=O)O[C@@H](c3ccoc3)[C@]2(C)Cc2cnn(-c3cc(F)cc(F)c3)c21. The molecule has 28 heavy (non-hydrogen) atoms. The second kappa shape index (κ2) is 5.64. The maximum Gasteiger partial charge on any atom is 0.335 e. The Morgan fingerprint density at radius 1 is 1.25 bits per heavy atom. The summed E-state index contributed by atoms with van der Waals surface area (Å²) < 4.78 is 39.8. The molecule has 0 bridgehead atoms. The van der Waals surface area contributed by atoms with Crippen LogP contribution < -0.4 is 0 Å². The van der Waals surface area contributed by atoms with Gasteiger partial charge in [-0.2, -0.15) is 5.10 Å². The fraction of sp³-hybridized carbons (Fsp3) is 0.238. The standard InChI is InChI=1S/C21H16F2N2O3/c1-11-17-20(26)28-19(12-3-4-27-10-12)21(17,2)8-13-9-24-25(18(11)13)16-6-14(22)5-15(23)7-16/h3-7,9-10,19H,8H2,1-2H3/t19-,21+/m0/s1. The molecule has 7 heteroatoms. The van der Waals surface area contributed by atoms with Gasteiger partial charge < -0.3 is 9.15 Å². The van der Waals surface area contributed by atoms with Gasteiger partial charge in [0.25, 0.3) is 0 Å². The van der Waals surface area contributed by atoms with E-state index in [9.17, 15) is 13.6 Å². The number of hydrogen-bond donors (Lipinski definition) is 0. The zero-order valence-corrected chi connectivity index (χ0v) is 15.2. The number of nitrogens with zero attached hydrogens (tertiary/aromatic N) is 2. The van der Waals surface area contributed by atoms with Crippen LogP contribution in [0.3, 0.4) is 0 Å². The number of fused-ring (bicyclic) bond motifs is 2. The predicted molar refractivity (Wildman–Crippen MR) is 95.4 cm³/mol. The average molecular weight is 382 g/mol. The Morgan fingerprint density at radius 2 is 2.00 bits per heavy atom. The summed E-state index contributed by atoms with van der Waals surface area (Å²) in [7, 11) is 0. The summed E-state index contributed by atoms with van der Waals surface area (Å²) >= 11 is 0. The molecule has 2 atom stereocenters. The molecule has 5 rings (SSSR count). The second-order valence-corrected chi connectivity index (χ2v) is 7.49. The van der Waals surface area contributed by atoms with Crippen LogP contribution in [-0.2, 0) is 16.0 Å². The summed E-state index contributed by atoms with van der Waals surface area (Å²) in [6.07, 6.45) is 4.85. The topological polar surface area (TPSA) is 57.3 Å². The lowest BCUT2D eigenvalue weighted by Crippen LogP contribution is -2.29. The van der Waals surface area contributed by atoms with Gasteiger partial charge in [-0.25, -0.2) is 18.3 Å². The first-order chi connectivity index (χ1) is 13.4. The Balaban J connectivity index is 1.69. The maximum absolute atomic E-state index is 13.7. The van der Waals surface area contributed by atoms with Crippen molar-refractivity contribution < 1.29 is 22.7 Å². The van der Waals surface area contributed by atoms with Gasteiger partial charge in [-0.1, -0.05) is 6.92 Å². The molecule has 0 unspecified atom stereocenters. The summed E-state index contributed by atoms with van der Waals surface area (Å²) in [6, 6.07) is 5.02. The minimum atomic E-state index is -0.689. The number of furan rings is 1. The van der Waals surface area contributed by atoms with Crippen molar-refractivity contribution in [1.29, 1.82) is 0 Å². The van der Waals surface area contributed by atoms with Crippen molar-refractivity contribution in [3.8, 4) is 5.69 Å². The van der Waals surface area contributed by atoms with E-state index in [0.717, 1.165) is 17.2 Å². The highest BCUT2D eigenvalue weighted by Crippen LogP contribution is 2.56. The lowest BCUT2D eigenvalue weighted by molar-refractivity contribution is -0.140. The van der Waals surface area contributed by atoms with Crippen molar-refractivity contribution in [2.24, 2.45) is 5.41 Å². The van der Waals surface area contributed by atoms with E-state index in [0.29, 0.717) is 23.3 Å². The molecule has 0 N–H and O–H groups in total. The van der Waals surface area contributed by atoms with Gasteiger partial charge in [0.1, 0.15) is 17.7 Å². The number of aromatic nitrogens is 2. The Labute approximate surface area is 159 Å². The minimum absolute atomic E-state index is 0.264. The van der Waals surface area contributed by atoms with E-state index in [1.54, 1.807) is 24.8 Å². The number of rotatable bonds is 2. The lowest BCUT2D eigenvalue weighted by Gasteiger charge is -2.33. The Morgan fingerprint density at radius 3 is 2.68 bits per heavy atom. The molecule has 1 aromatic carbocycles. The average Bonchev–Trinajstić information content (AvgIpc) is 3.32. The minimum Gasteiger partial charge on any atom is -0.472 e. The van der Waals surface area contributed by atoms with Crippen LogP contribution in [0.25, 0.3) is 11.3 Å². The van der Waals surface area contributed by atoms with E-state index < -0.39 is 29.1 Å². The number of allylic oxidation sites excluding steroid dienone is 1. The van der Waals surface area contributed by atoms with Crippen LogP contribution in [0, 0.1) is 17.0 Å². The van der Waals surface area contributed by atoms with Crippen LogP contribution in [0.5, 0.6) is 0 Å². The number of benzene rings is 1. The zero-order chi connectivity index (χ0) is 19.6. The van der Waals surface area contributed by atoms with Gasteiger partial charge in [0.2, 0.25) is 0 Å². The Kier molecular flexibility index (Phi) is 3.41. The van der Waals surface area contributed by atoms with Crippen LogP contribution in [0.15, 0.2) is 53.0 Å². The first-order valence-corrected chi connectivity index (χ1v) is 8.86. The third-order valence-electron chi connectivity index (χ3n) is 5.65. The molecule has 2 aliphatic rings. The van der Waals surface area contributed by atoms with Gasteiger partial charge in [-0.05, 0) is 42.7 Å². The number of cyclic esters (lactones) is 1. The van der Waals surface area contributed by atoms with E-state index in [1.807, 2.05) is 13.8 Å². The molecule has 0 amide bonds. The van der Waals surface area contributed by atoms with Gasteiger partial charge in [-0.3, -0.25) is 0 Å². The molecule has 5 nitrogen and oxygen atoms in total. The second-order valence-electron chi connectivity index (χ2n) is 7.49. The lowest BCUT2D eigenvalue weighted by atomic mass is 9.68. The number of carbonyl (C=O) groups is 1. The van der Waals surface area contributed by atoms with E-state index >= 15 is 0 Å². The highest BCUT2D eigenvalue weighted by atomic mass is 19.1. The van der Waals surface area contributed by atoms with Crippen molar-refractivity contribution >= 4 is 11.5 Å². The third kappa shape index (κ3) is 2.22. The van der Waals surface area contributed by atoms with Crippen LogP contribution in [0.4, 0.5) is 8.78 Å². The number of ether oxygens (including phenoxy) is 1. The van der Waals surface area contributed by atoms with Gasteiger partial charge in [0.05, 0.1) is 35.7 Å². The normalized spacial score (nSPS) is 23.6. The summed E-state index contributed by atoms with van der Waals surface area (Å²) in [5.41, 5.74) is 3.29. The number of esters is 1. The largest absolute Gasteiger partial charge is 0.472 e. The first kappa shape index (κ1) is 16.9. The molecular weight excluding hydrogens is 366 g/mol. The first-order valence-electron chi connectivity index (χ1n) is 8.86. The monoisotopic (exact) mass is 382 g/mol. The van der Waals surface area contributed by atoms with Crippen molar-refractivity contribution in [3.05, 3.63) is 77.0 Å². The summed E-state index contributed by atoms with van der Waals surface area (Å²) in [4.78, 5) is 12.8. The fourth-order valence-electron chi connectivity index (χ4n) is 4.57. The highest BCUT2D eigenvalue weighted by Gasteiger charge is 2.54. The van der Waals surface area contributed by atoms with E-state index in [1.165, 1.54) is 16.8 Å². The van der Waals surface area contributed by atoms with Crippen LogP contribution in [-0.4, -0.2) is 15.7 Å². The van der Waals surface area contributed by atoms with Gasteiger partial charge in [-0.15, -0.1) is 0 Å². The molecule has 0 spiro atoms. The molecule has 0 saturated carbocycles. The molecule has 3 aromatic rings.